The third-order valence-electron chi connectivity index (χ3n) is 6.99. The lowest BCUT2D eigenvalue weighted by atomic mass is 10.2. The van der Waals surface area contributed by atoms with Crippen molar-refractivity contribution in [1.82, 2.24) is 0 Å². The molecule has 0 saturated heterocycles. The van der Waals surface area contributed by atoms with Crippen molar-refractivity contribution in [2.24, 2.45) is 0 Å². The Kier molecular flexibility index (Phi) is 26.4. The molecule has 46 heavy (non-hydrogen) atoms. The Balaban J connectivity index is 1.68. The first-order valence-corrected chi connectivity index (χ1v) is 19.2. The Hall–Kier alpha value is -1.49. The molecule has 0 unspecified atom stereocenters. The molecular formula is C33H60O12Si. The van der Waals surface area contributed by atoms with E-state index < -0.39 is 8.32 Å². The van der Waals surface area contributed by atoms with Gasteiger partial charge in [-0.15, -0.1) is 0 Å². The van der Waals surface area contributed by atoms with E-state index in [1.165, 1.54) is 0 Å². The summed E-state index contributed by atoms with van der Waals surface area (Å²) in [5.74, 6) is 0.706. The molecular weight excluding hydrogens is 616 g/mol. The third kappa shape index (κ3) is 24.6. The van der Waals surface area contributed by atoms with Crippen LogP contribution in [-0.2, 0) is 47.1 Å². The summed E-state index contributed by atoms with van der Waals surface area (Å²) < 4.78 is 61.1. The summed E-state index contributed by atoms with van der Waals surface area (Å²) in [6, 6.07) is 6.94. The molecule has 13 heteroatoms. The first kappa shape index (κ1) is 42.5. The number of aldehydes is 1. The number of hydrogen-bond donors (Lipinski definition) is 0. The van der Waals surface area contributed by atoms with Gasteiger partial charge in [-0.25, -0.2) is 0 Å². The average molecular weight is 677 g/mol. The molecule has 0 atom stereocenters. The molecule has 1 aromatic rings. The van der Waals surface area contributed by atoms with Crippen molar-refractivity contribution in [1.29, 1.82) is 0 Å². The van der Waals surface area contributed by atoms with Gasteiger partial charge in [0.2, 0.25) is 0 Å². The van der Waals surface area contributed by atoms with Gasteiger partial charge in [0.1, 0.15) is 18.6 Å². The van der Waals surface area contributed by atoms with E-state index in [-0.39, 0.29) is 5.04 Å². The van der Waals surface area contributed by atoms with E-state index >= 15 is 0 Å². The van der Waals surface area contributed by atoms with E-state index in [1.807, 2.05) is 0 Å². The van der Waals surface area contributed by atoms with Gasteiger partial charge in [-0.05, 0) is 42.4 Å². The zero-order chi connectivity index (χ0) is 33.6. The van der Waals surface area contributed by atoms with Crippen LogP contribution in [0.2, 0.25) is 18.1 Å². The van der Waals surface area contributed by atoms with E-state index in [0.717, 1.165) is 6.29 Å². The maximum Gasteiger partial charge on any atom is 0.192 e. The molecule has 0 aromatic heterocycles. The molecule has 1 rings (SSSR count). The second kappa shape index (κ2) is 28.5. The predicted molar refractivity (Wildman–Crippen MR) is 178 cm³/mol. The van der Waals surface area contributed by atoms with Crippen LogP contribution < -0.4 is 4.74 Å². The molecule has 0 amide bonds. The van der Waals surface area contributed by atoms with Crippen LogP contribution in [0.15, 0.2) is 24.3 Å². The summed E-state index contributed by atoms with van der Waals surface area (Å²) in [6.45, 7) is 21.5. The van der Waals surface area contributed by atoms with Crippen LogP contribution >= 0.6 is 0 Å². The molecule has 0 aliphatic heterocycles. The third-order valence-corrected chi connectivity index (χ3v) is 11.5. The number of hydrogen-bond acceptors (Lipinski definition) is 12. The van der Waals surface area contributed by atoms with Crippen molar-refractivity contribution < 1.29 is 56.6 Å². The molecule has 1 aromatic carbocycles. The van der Waals surface area contributed by atoms with Crippen molar-refractivity contribution in [3.05, 3.63) is 29.8 Å². The van der Waals surface area contributed by atoms with Gasteiger partial charge in [-0.1, -0.05) is 20.8 Å². The summed E-state index contributed by atoms with van der Waals surface area (Å²) >= 11 is 0. The van der Waals surface area contributed by atoms with Crippen LogP contribution in [-0.4, -0.2) is 147 Å². The van der Waals surface area contributed by atoms with Gasteiger partial charge < -0.3 is 51.8 Å². The standard InChI is InChI=1S/C33H60O12Si/c1-33(2,3)46(4,5)45-29-27-43-25-23-41-21-19-39-17-15-37-13-11-35-10-12-36-14-16-38-18-20-40-22-24-42-26-28-44-32-8-6-31(30-34)7-9-32/h6-9,30H,10-29H2,1-5H3. The lowest BCUT2D eigenvalue weighted by molar-refractivity contribution is -0.0258. The zero-order valence-corrected chi connectivity index (χ0v) is 29.9. The van der Waals surface area contributed by atoms with Crippen LogP contribution in [0.25, 0.3) is 0 Å². The second-order valence-corrected chi connectivity index (χ2v) is 16.5. The SMILES string of the molecule is CC(C)(C)[Si](C)(C)OCCOCCOCCOCCOCCOCCOCCOCCOCCOCCOc1ccc(C=O)cc1. The number of carbonyl (C=O) groups excluding carboxylic acids is 1. The van der Waals surface area contributed by atoms with E-state index in [0.29, 0.717) is 143 Å². The van der Waals surface area contributed by atoms with Crippen molar-refractivity contribution >= 4 is 14.6 Å². The fourth-order valence-electron chi connectivity index (χ4n) is 3.29. The maximum atomic E-state index is 10.6. The lowest BCUT2D eigenvalue weighted by Gasteiger charge is -2.36. The molecule has 0 saturated carbocycles. The quantitative estimate of drug-likeness (QED) is 0.0607. The topological polar surface area (TPSA) is 119 Å². The van der Waals surface area contributed by atoms with Crippen LogP contribution in [0.5, 0.6) is 5.75 Å². The van der Waals surface area contributed by atoms with Gasteiger partial charge in [0, 0.05) is 5.56 Å². The number of ether oxygens (including phenoxy) is 10. The number of carbonyl (C=O) groups is 1. The maximum absolute atomic E-state index is 10.6. The minimum Gasteiger partial charge on any atom is -0.491 e. The Bertz CT molecular complexity index is 820. The summed E-state index contributed by atoms with van der Waals surface area (Å²) in [5, 5.41) is 0.215. The molecule has 0 aliphatic rings. The van der Waals surface area contributed by atoms with Gasteiger partial charge >= 0.3 is 0 Å². The van der Waals surface area contributed by atoms with Gasteiger partial charge in [-0.3, -0.25) is 4.79 Å². The molecule has 0 fully saturated rings. The highest BCUT2D eigenvalue weighted by molar-refractivity contribution is 6.74. The Morgan fingerprint density at radius 2 is 0.761 bits per heavy atom. The van der Waals surface area contributed by atoms with Crippen LogP contribution in [0.3, 0.4) is 0 Å². The fraction of sp³-hybridized carbons (Fsp3) is 0.788. The summed E-state index contributed by atoms with van der Waals surface area (Å²) in [4.78, 5) is 10.6. The average Bonchev–Trinajstić information content (AvgIpc) is 3.03. The van der Waals surface area contributed by atoms with Crippen molar-refractivity contribution in [3.63, 3.8) is 0 Å². The lowest BCUT2D eigenvalue weighted by Crippen LogP contribution is -2.41. The summed E-state index contributed by atoms with van der Waals surface area (Å²) in [6.07, 6.45) is 0.800. The Morgan fingerprint density at radius 1 is 0.478 bits per heavy atom. The molecule has 12 nitrogen and oxygen atoms in total. The fourth-order valence-corrected chi connectivity index (χ4v) is 4.32. The predicted octanol–water partition coefficient (Wildman–Crippen LogP) is 4.05. The van der Waals surface area contributed by atoms with Gasteiger partial charge in [-0.2, -0.15) is 0 Å². The van der Waals surface area contributed by atoms with Gasteiger partial charge in [0.25, 0.3) is 0 Å². The molecule has 0 radical (unpaired) electrons. The number of rotatable bonds is 33. The van der Waals surface area contributed by atoms with E-state index in [2.05, 4.69) is 33.9 Å². The van der Waals surface area contributed by atoms with Gasteiger partial charge in [0.15, 0.2) is 8.32 Å². The van der Waals surface area contributed by atoms with Gasteiger partial charge in [0.05, 0.1) is 126 Å². The van der Waals surface area contributed by atoms with Crippen molar-refractivity contribution in [3.8, 4) is 5.75 Å². The minimum atomic E-state index is -1.70. The molecule has 0 N–H and O–H groups in total. The number of benzene rings is 1. The summed E-state index contributed by atoms with van der Waals surface area (Å²) in [7, 11) is -1.70. The monoisotopic (exact) mass is 676 g/mol. The molecule has 268 valence electrons. The van der Waals surface area contributed by atoms with E-state index in [9.17, 15) is 4.79 Å². The van der Waals surface area contributed by atoms with Crippen molar-refractivity contribution in [2.45, 2.75) is 38.9 Å². The molecule has 0 spiro atoms. The van der Waals surface area contributed by atoms with Crippen molar-refractivity contribution in [2.75, 3.05) is 132 Å². The highest BCUT2D eigenvalue weighted by atomic mass is 28.4. The van der Waals surface area contributed by atoms with E-state index in [1.54, 1.807) is 24.3 Å². The van der Waals surface area contributed by atoms with Crippen LogP contribution in [0.1, 0.15) is 31.1 Å². The highest BCUT2D eigenvalue weighted by Gasteiger charge is 2.36. The molecule has 0 heterocycles. The van der Waals surface area contributed by atoms with Crippen LogP contribution in [0.4, 0.5) is 0 Å². The zero-order valence-electron chi connectivity index (χ0n) is 28.9. The Labute approximate surface area is 277 Å². The van der Waals surface area contributed by atoms with Crippen LogP contribution in [0, 0.1) is 0 Å². The minimum absolute atomic E-state index is 0.215. The molecule has 0 aliphatic carbocycles. The van der Waals surface area contributed by atoms with E-state index in [4.69, 9.17) is 51.8 Å². The summed E-state index contributed by atoms with van der Waals surface area (Å²) in [5.41, 5.74) is 0.619. The second-order valence-electron chi connectivity index (χ2n) is 11.7. The first-order chi connectivity index (χ1) is 22.3. The normalized spacial score (nSPS) is 12.1. The highest BCUT2D eigenvalue weighted by Crippen LogP contribution is 2.36. The largest absolute Gasteiger partial charge is 0.491 e. The molecule has 0 bridgehead atoms. The first-order valence-electron chi connectivity index (χ1n) is 16.3. The smallest absolute Gasteiger partial charge is 0.192 e. The Morgan fingerprint density at radius 3 is 1.04 bits per heavy atom.